The van der Waals surface area contributed by atoms with Crippen molar-refractivity contribution in [1.82, 2.24) is 9.97 Å². The minimum Gasteiger partial charge on any atom is -0.367 e. The zero-order valence-electron chi connectivity index (χ0n) is 16.5. The number of benzene rings is 1. The zero-order valence-corrected chi connectivity index (χ0v) is 16.5. The second kappa shape index (κ2) is 6.81. The van der Waals surface area contributed by atoms with E-state index in [0.29, 0.717) is 23.9 Å². The second-order valence-corrected chi connectivity index (χ2v) is 8.82. The van der Waals surface area contributed by atoms with Gasteiger partial charge in [-0.3, -0.25) is 0 Å². The molecule has 3 heterocycles. The molecule has 2 aromatic rings. The molecule has 27 heavy (non-hydrogen) atoms. The van der Waals surface area contributed by atoms with E-state index in [1.807, 2.05) is 0 Å². The Kier molecular flexibility index (Phi) is 4.30. The molecule has 1 aromatic heterocycles. The van der Waals surface area contributed by atoms with E-state index in [4.69, 9.17) is 9.97 Å². The summed E-state index contributed by atoms with van der Waals surface area (Å²) in [5.41, 5.74) is 3.07. The Morgan fingerprint density at radius 1 is 1.00 bits per heavy atom. The predicted octanol–water partition coefficient (Wildman–Crippen LogP) is 5.39. The van der Waals surface area contributed by atoms with Gasteiger partial charge in [0, 0.05) is 30.5 Å². The van der Waals surface area contributed by atoms with Crippen LogP contribution < -0.4 is 10.2 Å². The van der Waals surface area contributed by atoms with Crippen LogP contribution in [0.15, 0.2) is 30.3 Å². The number of hydrogen-bond acceptors (Lipinski definition) is 4. The standard InChI is InChI=1S/C23H30N4/c1-15(2)23-25-21(24-17-7-3-4-8-17)13-22(26-23)27-14-16-11-12-20(27)19-10-6-5-9-18(16)19/h5-6,9-10,13,15-17,20H,3-4,7-8,11-12,14H2,1-2H3,(H,24,25,26)/t16-,20+/m1/s1. The van der Waals surface area contributed by atoms with Crippen molar-refractivity contribution in [3.63, 3.8) is 0 Å². The third kappa shape index (κ3) is 3.09. The molecular weight excluding hydrogens is 332 g/mol. The molecule has 1 saturated heterocycles. The topological polar surface area (TPSA) is 41.1 Å². The first-order valence-corrected chi connectivity index (χ1v) is 10.7. The number of nitrogens with one attached hydrogen (secondary N) is 1. The first-order valence-electron chi connectivity index (χ1n) is 10.7. The maximum absolute atomic E-state index is 5.00. The summed E-state index contributed by atoms with van der Waals surface area (Å²) in [5.74, 6) is 4.06. The molecule has 1 N–H and O–H groups in total. The molecule has 2 atom stereocenters. The number of aromatic nitrogens is 2. The smallest absolute Gasteiger partial charge is 0.135 e. The van der Waals surface area contributed by atoms with Crippen LogP contribution in [0.1, 0.15) is 87.2 Å². The number of nitrogens with zero attached hydrogens (tertiary/aromatic N) is 3. The van der Waals surface area contributed by atoms with Gasteiger partial charge in [0.2, 0.25) is 0 Å². The third-order valence-electron chi connectivity index (χ3n) is 6.62. The highest BCUT2D eigenvalue weighted by molar-refractivity contribution is 5.55. The van der Waals surface area contributed by atoms with Crippen molar-refractivity contribution in [3.8, 4) is 0 Å². The normalized spacial score (nSPS) is 24.5. The van der Waals surface area contributed by atoms with Gasteiger partial charge in [0.1, 0.15) is 17.5 Å². The molecule has 4 nitrogen and oxygen atoms in total. The summed E-state index contributed by atoms with van der Waals surface area (Å²) in [6, 6.07) is 12.3. The largest absolute Gasteiger partial charge is 0.367 e. The molecule has 2 aliphatic heterocycles. The Morgan fingerprint density at radius 3 is 2.56 bits per heavy atom. The highest BCUT2D eigenvalue weighted by Crippen LogP contribution is 2.48. The molecule has 142 valence electrons. The van der Waals surface area contributed by atoms with Crippen LogP contribution in [0.3, 0.4) is 0 Å². The first-order chi connectivity index (χ1) is 13.2. The Morgan fingerprint density at radius 2 is 1.78 bits per heavy atom. The third-order valence-corrected chi connectivity index (χ3v) is 6.62. The summed E-state index contributed by atoms with van der Waals surface area (Å²) in [4.78, 5) is 12.4. The molecule has 2 bridgehead atoms. The fourth-order valence-electron chi connectivity index (χ4n) is 5.20. The quantitative estimate of drug-likeness (QED) is 0.791. The van der Waals surface area contributed by atoms with Crippen LogP contribution in [0.5, 0.6) is 0 Å². The van der Waals surface area contributed by atoms with Crippen molar-refractivity contribution in [2.45, 2.75) is 76.3 Å². The van der Waals surface area contributed by atoms with Gasteiger partial charge in [0.25, 0.3) is 0 Å². The lowest BCUT2D eigenvalue weighted by Gasteiger charge is -2.47. The van der Waals surface area contributed by atoms with Gasteiger partial charge < -0.3 is 10.2 Å². The predicted molar refractivity (Wildman–Crippen MR) is 111 cm³/mol. The van der Waals surface area contributed by atoms with Crippen molar-refractivity contribution in [2.75, 3.05) is 16.8 Å². The highest BCUT2D eigenvalue weighted by Gasteiger charge is 2.38. The van der Waals surface area contributed by atoms with Gasteiger partial charge in [0.05, 0.1) is 6.04 Å². The van der Waals surface area contributed by atoms with Gasteiger partial charge >= 0.3 is 0 Å². The average Bonchev–Trinajstić information content (AvgIpc) is 3.21. The number of piperidine rings is 1. The molecule has 1 saturated carbocycles. The van der Waals surface area contributed by atoms with Crippen LogP contribution in [0.2, 0.25) is 0 Å². The number of rotatable bonds is 4. The van der Waals surface area contributed by atoms with Crippen molar-refractivity contribution >= 4 is 11.6 Å². The molecular formula is C23H30N4. The molecule has 2 fully saturated rings. The molecule has 2 aliphatic carbocycles. The lowest BCUT2D eigenvalue weighted by Crippen LogP contribution is -2.43. The van der Waals surface area contributed by atoms with E-state index in [1.54, 1.807) is 5.56 Å². The van der Waals surface area contributed by atoms with Crippen LogP contribution in [0.4, 0.5) is 11.6 Å². The molecule has 4 aliphatic rings. The van der Waals surface area contributed by atoms with Gasteiger partial charge in [-0.25, -0.2) is 9.97 Å². The Hall–Kier alpha value is -2.10. The summed E-state index contributed by atoms with van der Waals surface area (Å²) in [6.45, 7) is 5.46. The molecule has 0 amide bonds. The Balaban J connectivity index is 1.50. The van der Waals surface area contributed by atoms with E-state index in [0.717, 1.165) is 24.0 Å². The summed E-state index contributed by atoms with van der Waals surface area (Å²) in [5, 5.41) is 3.70. The fourth-order valence-corrected chi connectivity index (χ4v) is 5.20. The maximum Gasteiger partial charge on any atom is 0.135 e. The van der Waals surface area contributed by atoms with E-state index < -0.39 is 0 Å². The minimum absolute atomic E-state index is 0.336. The SMILES string of the molecule is CC(C)c1nc(NC2CCCC2)cc(N2C[C@H]3CC[C@H]2c2ccccc23)n1. The van der Waals surface area contributed by atoms with Crippen LogP contribution in [0.25, 0.3) is 0 Å². The van der Waals surface area contributed by atoms with Crippen molar-refractivity contribution in [3.05, 3.63) is 47.3 Å². The van der Waals surface area contributed by atoms with Crippen LogP contribution in [-0.2, 0) is 0 Å². The molecule has 4 heteroatoms. The molecule has 1 aromatic carbocycles. The summed E-state index contributed by atoms with van der Waals surface area (Å²) < 4.78 is 0. The highest BCUT2D eigenvalue weighted by atomic mass is 15.2. The molecule has 6 rings (SSSR count). The van der Waals surface area contributed by atoms with Gasteiger partial charge in [-0.05, 0) is 36.8 Å². The maximum atomic E-state index is 5.00. The van der Waals surface area contributed by atoms with E-state index in [2.05, 4.69) is 54.4 Å². The number of hydrogen-bond donors (Lipinski definition) is 1. The van der Waals surface area contributed by atoms with Crippen LogP contribution in [-0.4, -0.2) is 22.6 Å². The van der Waals surface area contributed by atoms with Crippen molar-refractivity contribution in [1.29, 1.82) is 0 Å². The van der Waals surface area contributed by atoms with E-state index in [-0.39, 0.29) is 0 Å². The van der Waals surface area contributed by atoms with Gasteiger partial charge in [0.15, 0.2) is 0 Å². The van der Waals surface area contributed by atoms with Gasteiger partial charge in [-0.2, -0.15) is 0 Å². The van der Waals surface area contributed by atoms with Crippen molar-refractivity contribution in [2.24, 2.45) is 0 Å². The summed E-state index contributed by atoms with van der Waals surface area (Å²) >= 11 is 0. The number of anilines is 2. The van der Waals surface area contributed by atoms with Crippen molar-refractivity contribution < 1.29 is 0 Å². The Labute approximate surface area is 162 Å². The summed E-state index contributed by atoms with van der Waals surface area (Å²) in [7, 11) is 0. The fraction of sp³-hybridized carbons (Fsp3) is 0.565. The average molecular weight is 363 g/mol. The lowest BCUT2D eigenvalue weighted by atomic mass is 9.75. The lowest BCUT2D eigenvalue weighted by molar-refractivity contribution is 0.386. The summed E-state index contributed by atoms with van der Waals surface area (Å²) in [6.07, 6.45) is 7.72. The van der Waals surface area contributed by atoms with Gasteiger partial charge in [-0.15, -0.1) is 0 Å². The van der Waals surface area contributed by atoms with E-state index in [9.17, 15) is 0 Å². The van der Waals surface area contributed by atoms with E-state index in [1.165, 1.54) is 44.1 Å². The van der Waals surface area contributed by atoms with Crippen LogP contribution >= 0.6 is 0 Å². The monoisotopic (exact) mass is 362 g/mol. The Bertz CT molecular complexity index is 825. The van der Waals surface area contributed by atoms with E-state index >= 15 is 0 Å². The zero-order chi connectivity index (χ0) is 18.4. The minimum atomic E-state index is 0.336. The molecule has 0 radical (unpaired) electrons. The van der Waals surface area contributed by atoms with Crippen LogP contribution in [0, 0.1) is 0 Å². The molecule has 0 spiro atoms. The first kappa shape index (κ1) is 17.0. The second-order valence-electron chi connectivity index (χ2n) is 8.82. The number of fused-ring (bicyclic) bond motifs is 2. The molecule has 0 unspecified atom stereocenters. The van der Waals surface area contributed by atoms with Gasteiger partial charge in [-0.1, -0.05) is 51.0 Å².